The molecule has 3 N–H and O–H groups in total. The maximum Gasteiger partial charge on any atom is 0.251 e. The second-order valence-corrected chi connectivity index (χ2v) is 5.94. The molecule has 5 heteroatoms. The molecule has 1 heterocycles. The molecule has 1 aliphatic carbocycles. The smallest absolute Gasteiger partial charge is 0.251 e. The van der Waals surface area contributed by atoms with E-state index in [1.807, 2.05) is 0 Å². The number of ketones is 1. The minimum Gasteiger partial charge on any atom is -0.387 e. The zero-order valence-electron chi connectivity index (χ0n) is 11.9. The van der Waals surface area contributed by atoms with E-state index in [4.69, 9.17) is 0 Å². The first-order chi connectivity index (χ1) is 10.1. The highest BCUT2D eigenvalue weighted by atomic mass is 16.3. The second-order valence-electron chi connectivity index (χ2n) is 5.94. The molecule has 0 saturated carbocycles. The Hall–Kier alpha value is -1.72. The van der Waals surface area contributed by atoms with Crippen molar-refractivity contribution in [3.8, 4) is 0 Å². The number of amides is 1. The number of β-amino-alcohol motifs (C(OH)–C–C–N with tert-alkyl or cyclic N) is 1. The summed E-state index contributed by atoms with van der Waals surface area (Å²) < 4.78 is 0. The van der Waals surface area contributed by atoms with Gasteiger partial charge >= 0.3 is 0 Å². The molecule has 1 aliphatic heterocycles. The quantitative estimate of drug-likeness (QED) is 0.763. The highest BCUT2D eigenvalue weighted by Gasteiger charge is 2.30. The number of nitrogens with one attached hydrogen (secondary N) is 2. The van der Waals surface area contributed by atoms with Crippen LogP contribution < -0.4 is 10.6 Å². The van der Waals surface area contributed by atoms with Crippen LogP contribution >= 0.6 is 0 Å². The topological polar surface area (TPSA) is 78.4 Å². The predicted molar refractivity (Wildman–Crippen MR) is 78.5 cm³/mol. The van der Waals surface area contributed by atoms with E-state index < -0.39 is 5.60 Å². The Labute approximate surface area is 123 Å². The number of rotatable bonds is 3. The predicted octanol–water partition coefficient (Wildman–Crippen LogP) is 0.660. The molecule has 0 bridgehead atoms. The van der Waals surface area contributed by atoms with Gasteiger partial charge in [-0.05, 0) is 37.4 Å². The van der Waals surface area contributed by atoms with E-state index in [2.05, 4.69) is 10.6 Å². The van der Waals surface area contributed by atoms with Gasteiger partial charge in [0.2, 0.25) is 0 Å². The van der Waals surface area contributed by atoms with Crippen molar-refractivity contribution >= 4 is 11.7 Å². The fourth-order valence-electron chi connectivity index (χ4n) is 3.15. The SMILES string of the molecule is O=C1CCc2c1cccc2C(=O)NC[C@]1(O)CCCNC1. The molecular formula is C16H20N2O3. The number of fused-ring (bicyclic) bond motifs is 1. The summed E-state index contributed by atoms with van der Waals surface area (Å²) in [5.74, 6) is -0.102. The fraction of sp³-hybridized carbons (Fsp3) is 0.500. The van der Waals surface area contributed by atoms with Crippen LogP contribution in [0.25, 0.3) is 0 Å². The highest BCUT2D eigenvalue weighted by Crippen LogP contribution is 2.25. The van der Waals surface area contributed by atoms with Crippen LogP contribution in [0.4, 0.5) is 0 Å². The van der Waals surface area contributed by atoms with Crippen LogP contribution in [0.5, 0.6) is 0 Å². The maximum atomic E-state index is 12.3. The monoisotopic (exact) mass is 288 g/mol. The fourth-order valence-corrected chi connectivity index (χ4v) is 3.15. The summed E-state index contributed by atoms with van der Waals surface area (Å²) in [7, 11) is 0. The van der Waals surface area contributed by atoms with Gasteiger partial charge in [-0.2, -0.15) is 0 Å². The van der Waals surface area contributed by atoms with Gasteiger partial charge in [0.1, 0.15) is 0 Å². The standard InChI is InChI=1S/C16H20N2O3/c19-14-6-5-11-12(14)3-1-4-13(11)15(20)18-10-16(21)7-2-8-17-9-16/h1,3-4,17,21H,2,5-10H2,(H,18,20)/t16-/m0/s1. The largest absolute Gasteiger partial charge is 0.387 e. The average molecular weight is 288 g/mol. The summed E-state index contributed by atoms with van der Waals surface area (Å²) in [6.45, 7) is 1.64. The van der Waals surface area contributed by atoms with E-state index in [1.54, 1.807) is 18.2 Å². The molecule has 0 aromatic heterocycles. The number of hydrogen-bond donors (Lipinski definition) is 3. The number of carbonyl (C=O) groups excluding carboxylic acids is 2. The van der Waals surface area contributed by atoms with Crippen molar-refractivity contribution in [2.75, 3.05) is 19.6 Å². The number of piperidine rings is 1. The summed E-state index contributed by atoms with van der Waals surface area (Å²) in [6, 6.07) is 5.27. The van der Waals surface area contributed by atoms with Gasteiger partial charge in [0.05, 0.1) is 5.60 Å². The molecule has 1 aromatic carbocycles. The van der Waals surface area contributed by atoms with E-state index >= 15 is 0 Å². The Morgan fingerprint density at radius 3 is 3.00 bits per heavy atom. The van der Waals surface area contributed by atoms with Crippen molar-refractivity contribution in [1.29, 1.82) is 0 Å². The minimum absolute atomic E-state index is 0.106. The van der Waals surface area contributed by atoms with Crippen molar-refractivity contribution in [3.63, 3.8) is 0 Å². The first kappa shape index (κ1) is 14.2. The molecule has 2 aliphatic rings. The number of carbonyl (C=O) groups is 2. The maximum absolute atomic E-state index is 12.3. The summed E-state index contributed by atoms with van der Waals surface area (Å²) in [4.78, 5) is 24.1. The average Bonchev–Trinajstić information content (AvgIpc) is 2.87. The zero-order valence-corrected chi connectivity index (χ0v) is 11.9. The molecule has 0 spiro atoms. The Kier molecular flexibility index (Phi) is 3.78. The third-order valence-corrected chi connectivity index (χ3v) is 4.35. The first-order valence-electron chi connectivity index (χ1n) is 7.45. The van der Waals surface area contributed by atoms with E-state index in [1.165, 1.54) is 0 Å². The van der Waals surface area contributed by atoms with Crippen LogP contribution in [0.2, 0.25) is 0 Å². The number of benzene rings is 1. The zero-order chi connectivity index (χ0) is 14.9. The van der Waals surface area contributed by atoms with Gasteiger partial charge in [-0.15, -0.1) is 0 Å². The first-order valence-corrected chi connectivity index (χ1v) is 7.45. The van der Waals surface area contributed by atoms with Gasteiger partial charge in [0.15, 0.2) is 5.78 Å². The van der Waals surface area contributed by atoms with Crippen LogP contribution in [0.3, 0.4) is 0 Å². The minimum atomic E-state index is -0.873. The normalized spacial score (nSPS) is 24.7. The van der Waals surface area contributed by atoms with Crippen molar-refractivity contribution in [2.24, 2.45) is 0 Å². The Morgan fingerprint density at radius 2 is 2.24 bits per heavy atom. The van der Waals surface area contributed by atoms with Crippen LogP contribution in [-0.4, -0.2) is 42.0 Å². The molecule has 0 unspecified atom stereocenters. The molecule has 3 rings (SSSR count). The lowest BCUT2D eigenvalue weighted by molar-refractivity contribution is 0.0170. The lowest BCUT2D eigenvalue weighted by Crippen LogP contribution is -2.52. The Morgan fingerprint density at radius 1 is 1.38 bits per heavy atom. The molecule has 112 valence electrons. The Bertz CT molecular complexity index is 577. The third kappa shape index (κ3) is 2.84. The number of aliphatic hydroxyl groups is 1. The van der Waals surface area contributed by atoms with Gasteiger partial charge in [0, 0.05) is 30.6 Å². The molecule has 1 saturated heterocycles. The summed E-state index contributed by atoms with van der Waals surface area (Å²) in [5.41, 5.74) is 1.20. The van der Waals surface area contributed by atoms with Gasteiger partial charge in [-0.1, -0.05) is 12.1 Å². The van der Waals surface area contributed by atoms with E-state index in [-0.39, 0.29) is 18.2 Å². The lowest BCUT2D eigenvalue weighted by atomic mass is 9.94. The van der Waals surface area contributed by atoms with Gasteiger partial charge in [0.25, 0.3) is 5.91 Å². The number of hydrogen-bond acceptors (Lipinski definition) is 4. The molecule has 21 heavy (non-hydrogen) atoms. The lowest BCUT2D eigenvalue weighted by Gasteiger charge is -2.32. The summed E-state index contributed by atoms with van der Waals surface area (Å²) in [5, 5.41) is 16.3. The number of Topliss-reactive ketones (excluding diaryl/α,β-unsaturated/α-hetero) is 1. The highest BCUT2D eigenvalue weighted by molar-refractivity contribution is 6.05. The van der Waals surface area contributed by atoms with Crippen LogP contribution in [0.15, 0.2) is 18.2 Å². The van der Waals surface area contributed by atoms with Crippen LogP contribution in [0.1, 0.15) is 45.5 Å². The molecular weight excluding hydrogens is 268 g/mol. The van der Waals surface area contributed by atoms with Gasteiger partial charge in [-0.3, -0.25) is 9.59 Å². The van der Waals surface area contributed by atoms with Crippen molar-refractivity contribution in [2.45, 2.75) is 31.3 Å². The van der Waals surface area contributed by atoms with E-state index in [0.29, 0.717) is 36.9 Å². The van der Waals surface area contributed by atoms with Gasteiger partial charge < -0.3 is 15.7 Å². The molecule has 1 aromatic rings. The molecule has 1 fully saturated rings. The molecule has 5 nitrogen and oxygen atoms in total. The molecule has 1 amide bonds. The second kappa shape index (κ2) is 5.58. The van der Waals surface area contributed by atoms with E-state index in [0.717, 1.165) is 18.5 Å². The molecule has 1 atom stereocenters. The van der Waals surface area contributed by atoms with Crippen LogP contribution in [-0.2, 0) is 6.42 Å². The molecule has 0 radical (unpaired) electrons. The van der Waals surface area contributed by atoms with Crippen molar-refractivity contribution in [3.05, 3.63) is 34.9 Å². The Balaban J connectivity index is 1.70. The van der Waals surface area contributed by atoms with Crippen LogP contribution in [0, 0.1) is 0 Å². The third-order valence-electron chi connectivity index (χ3n) is 4.35. The van der Waals surface area contributed by atoms with E-state index in [9.17, 15) is 14.7 Å². The summed E-state index contributed by atoms with van der Waals surface area (Å²) >= 11 is 0. The van der Waals surface area contributed by atoms with Gasteiger partial charge in [-0.25, -0.2) is 0 Å². The van der Waals surface area contributed by atoms with Crippen molar-refractivity contribution in [1.82, 2.24) is 10.6 Å². The summed E-state index contributed by atoms with van der Waals surface area (Å²) in [6.07, 6.45) is 2.70. The van der Waals surface area contributed by atoms with Crippen molar-refractivity contribution < 1.29 is 14.7 Å².